The van der Waals surface area contributed by atoms with E-state index >= 15 is 0 Å². The monoisotopic (exact) mass is 365 g/mol. The van der Waals surface area contributed by atoms with Gasteiger partial charge in [0.05, 0.1) is 12.2 Å². The topological polar surface area (TPSA) is 46.6 Å². The van der Waals surface area contributed by atoms with Crippen molar-refractivity contribution in [3.8, 4) is 0 Å². The lowest BCUT2D eigenvalue weighted by atomic mass is 10.2. The molecule has 1 aromatic carbocycles. The summed E-state index contributed by atoms with van der Waals surface area (Å²) in [7, 11) is 1.50. The van der Waals surface area contributed by atoms with E-state index in [1.807, 2.05) is 22.6 Å². The van der Waals surface area contributed by atoms with Gasteiger partial charge in [-0.05, 0) is 47.7 Å². The number of carbonyl (C=O) groups is 2. The highest BCUT2D eigenvalue weighted by molar-refractivity contribution is 14.1. The summed E-state index contributed by atoms with van der Waals surface area (Å²) >= 11 is 1.88. The molecule has 1 aromatic rings. The molecule has 0 atom stereocenters. The Morgan fingerprint density at radius 2 is 2.11 bits per heavy atom. The van der Waals surface area contributed by atoms with Crippen LogP contribution in [0.1, 0.15) is 17.3 Å². The van der Waals surface area contributed by atoms with Crippen molar-refractivity contribution in [2.24, 2.45) is 0 Å². The van der Waals surface area contributed by atoms with Crippen molar-refractivity contribution < 1.29 is 18.7 Å². The minimum Gasteiger partial charge on any atom is -0.465 e. The number of hydrogen-bond donors (Lipinski definition) is 0. The molecule has 4 nitrogen and oxygen atoms in total. The van der Waals surface area contributed by atoms with Crippen LogP contribution in [0, 0.1) is 9.39 Å². The Kier molecular flexibility index (Phi) is 5.52. The average Bonchev–Trinajstić information content (AvgIpc) is 2.28. The van der Waals surface area contributed by atoms with Gasteiger partial charge in [0.15, 0.2) is 0 Å². The van der Waals surface area contributed by atoms with Crippen molar-refractivity contribution in [2.75, 3.05) is 20.2 Å². The van der Waals surface area contributed by atoms with Gasteiger partial charge in [-0.3, -0.25) is 9.59 Å². The van der Waals surface area contributed by atoms with Crippen LogP contribution in [0.15, 0.2) is 18.2 Å². The number of carbonyl (C=O) groups excluding carboxylic acids is 2. The van der Waals surface area contributed by atoms with E-state index in [9.17, 15) is 14.0 Å². The summed E-state index contributed by atoms with van der Waals surface area (Å²) in [5.74, 6) is -1.21. The summed E-state index contributed by atoms with van der Waals surface area (Å²) in [6.45, 7) is 1.84. The third-order valence-electron chi connectivity index (χ3n) is 2.18. The van der Waals surface area contributed by atoms with Gasteiger partial charge in [-0.15, -0.1) is 0 Å². The lowest BCUT2D eigenvalue weighted by Gasteiger charge is -2.16. The molecule has 0 aromatic heterocycles. The van der Waals surface area contributed by atoms with Crippen LogP contribution in [0.4, 0.5) is 4.39 Å². The molecular formula is C12H13FINO3. The predicted molar refractivity (Wildman–Crippen MR) is 72.7 cm³/mol. The zero-order valence-corrected chi connectivity index (χ0v) is 12.2. The number of likely N-dealkylation sites (N-methyl/N-ethyl adjacent to an activating group) is 1. The molecular weight excluding hydrogens is 352 g/mol. The number of hydrogen-bond acceptors (Lipinski definition) is 3. The van der Waals surface area contributed by atoms with Crippen LogP contribution >= 0.6 is 22.6 Å². The number of ether oxygens (including phenoxy) is 1. The molecule has 1 amide bonds. The molecule has 1 rings (SSSR count). The highest BCUT2D eigenvalue weighted by atomic mass is 127. The third kappa shape index (κ3) is 3.94. The van der Waals surface area contributed by atoms with Crippen LogP contribution in [-0.2, 0) is 9.53 Å². The Bertz CT molecular complexity index is 465. The Morgan fingerprint density at radius 1 is 1.44 bits per heavy atom. The molecule has 18 heavy (non-hydrogen) atoms. The van der Waals surface area contributed by atoms with Crippen molar-refractivity contribution in [1.82, 2.24) is 4.90 Å². The normalized spacial score (nSPS) is 10.0. The Labute approximate surface area is 118 Å². The molecule has 0 saturated heterocycles. The van der Waals surface area contributed by atoms with Crippen LogP contribution in [0.2, 0.25) is 0 Å². The fourth-order valence-corrected chi connectivity index (χ4v) is 2.05. The summed E-state index contributed by atoms with van der Waals surface area (Å²) in [5.41, 5.74) is 0.365. The summed E-state index contributed by atoms with van der Waals surface area (Å²) in [5, 5.41) is 0. The van der Waals surface area contributed by atoms with Gasteiger partial charge in [-0.1, -0.05) is 0 Å². The fourth-order valence-electron chi connectivity index (χ4n) is 1.34. The fraction of sp³-hybridized carbons (Fsp3) is 0.333. The third-order valence-corrected chi connectivity index (χ3v) is 3.07. The number of esters is 1. The Balaban J connectivity index is 2.77. The summed E-state index contributed by atoms with van der Waals surface area (Å²) < 4.78 is 18.2. The van der Waals surface area contributed by atoms with Crippen molar-refractivity contribution in [3.63, 3.8) is 0 Å². The lowest BCUT2D eigenvalue weighted by Crippen LogP contribution is -2.33. The molecule has 0 aliphatic rings. The van der Waals surface area contributed by atoms with E-state index in [0.717, 1.165) is 0 Å². The first kappa shape index (κ1) is 14.9. The van der Waals surface area contributed by atoms with Crippen LogP contribution in [0.25, 0.3) is 0 Å². The number of nitrogens with zero attached hydrogens (tertiary/aromatic N) is 1. The molecule has 0 heterocycles. The highest BCUT2D eigenvalue weighted by Crippen LogP contribution is 2.15. The second kappa shape index (κ2) is 6.67. The molecule has 0 spiro atoms. The quantitative estimate of drug-likeness (QED) is 0.606. The van der Waals surface area contributed by atoms with Crippen LogP contribution < -0.4 is 0 Å². The van der Waals surface area contributed by atoms with E-state index < -0.39 is 11.8 Å². The number of rotatable bonds is 4. The standard InChI is InChI=1S/C12H13FINO3/c1-3-18-11(16)7-15(2)12(17)9-5-4-8(13)6-10(9)14/h4-6H,3,7H2,1-2H3. The van der Waals surface area contributed by atoms with Crippen molar-refractivity contribution in [3.05, 3.63) is 33.1 Å². The van der Waals surface area contributed by atoms with Gasteiger partial charge in [-0.2, -0.15) is 0 Å². The minimum absolute atomic E-state index is 0.125. The Morgan fingerprint density at radius 3 is 2.67 bits per heavy atom. The van der Waals surface area contributed by atoms with Gasteiger partial charge in [0.1, 0.15) is 12.4 Å². The second-order valence-corrected chi connectivity index (χ2v) is 4.75. The maximum absolute atomic E-state index is 12.9. The molecule has 0 fully saturated rings. The number of amides is 1. The lowest BCUT2D eigenvalue weighted by molar-refractivity contribution is -0.143. The zero-order valence-electron chi connectivity index (χ0n) is 10.1. The van der Waals surface area contributed by atoms with Gasteiger partial charge in [-0.25, -0.2) is 4.39 Å². The van der Waals surface area contributed by atoms with E-state index in [0.29, 0.717) is 9.13 Å². The van der Waals surface area contributed by atoms with E-state index in [1.165, 1.54) is 30.1 Å². The van der Waals surface area contributed by atoms with Crippen LogP contribution in [0.3, 0.4) is 0 Å². The summed E-state index contributed by atoms with van der Waals surface area (Å²) in [6, 6.07) is 3.89. The maximum atomic E-state index is 12.9. The first-order chi connectivity index (χ1) is 8.45. The summed E-state index contributed by atoms with van der Waals surface area (Å²) in [4.78, 5) is 24.5. The van der Waals surface area contributed by atoms with Gasteiger partial charge < -0.3 is 9.64 Å². The molecule has 0 aliphatic heterocycles. The average molecular weight is 365 g/mol. The molecule has 6 heteroatoms. The summed E-state index contributed by atoms with van der Waals surface area (Å²) in [6.07, 6.45) is 0. The molecule has 98 valence electrons. The molecule has 0 N–H and O–H groups in total. The maximum Gasteiger partial charge on any atom is 0.325 e. The van der Waals surface area contributed by atoms with E-state index in [4.69, 9.17) is 4.74 Å². The zero-order chi connectivity index (χ0) is 13.7. The van der Waals surface area contributed by atoms with Gasteiger partial charge in [0.25, 0.3) is 5.91 Å². The van der Waals surface area contributed by atoms with Crippen molar-refractivity contribution >= 4 is 34.5 Å². The Hall–Kier alpha value is -1.18. The highest BCUT2D eigenvalue weighted by Gasteiger charge is 2.18. The first-order valence-corrected chi connectivity index (χ1v) is 6.39. The van der Waals surface area contributed by atoms with E-state index in [2.05, 4.69) is 0 Å². The van der Waals surface area contributed by atoms with Gasteiger partial charge in [0, 0.05) is 10.6 Å². The number of halogens is 2. The predicted octanol–water partition coefficient (Wildman–Crippen LogP) is 2.07. The molecule has 0 bridgehead atoms. The minimum atomic E-state index is -0.467. The smallest absolute Gasteiger partial charge is 0.325 e. The molecule has 0 radical (unpaired) electrons. The van der Waals surface area contributed by atoms with Gasteiger partial charge in [0.2, 0.25) is 0 Å². The van der Waals surface area contributed by atoms with Crippen molar-refractivity contribution in [1.29, 1.82) is 0 Å². The van der Waals surface area contributed by atoms with Crippen LogP contribution in [0.5, 0.6) is 0 Å². The van der Waals surface area contributed by atoms with Crippen molar-refractivity contribution in [2.45, 2.75) is 6.92 Å². The van der Waals surface area contributed by atoms with Crippen LogP contribution in [-0.4, -0.2) is 37.0 Å². The number of benzene rings is 1. The molecule has 0 saturated carbocycles. The molecule has 0 aliphatic carbocycles. The largest absolute Gasteiger partial charge is 0.465 e. The first-order valence-electron chi connectivity index (χ1n) is 5.31. The second-order valence-electron chi connectivity index (χ2n) is 3.59. The van der Waals surface area contributed by atoms with E-state index in [1.54, 1.807) is 6.92 Å². The molecule has 0 unspecified atom stereocenters. The van der Waals surface area contributed by atoms with Gasteiger partial charge >= 0.3 is 5.97 Å². The van der Waals surface area contributed by atoms with E-state index in [-0.39, 0.29) is 19.1 Å². The SMILES string of the molecule is CCOC(=O)CN(C)C(=O)c1ccc(F)cc1I.